The van der Waals surface area contributed by atoms with Crippen LogP contribution in [0.15, 0.2) is 70.6 Å². The zero-order valence-electron chi connectivity index (χ0n) is 17.7. The van der Waals surface area contributed by atoms with E-state index in [2.05, 4.69) is 39.6 Å². The molecule has 0 aliphatic heterocycles. The number of benzene rings is 2. The summed E-state index contributed by atoms with van der Waals surface area (Å²) in [5, 5.41) is 2.80. The Morgan fingerprint density at radius 3 is 2.19 bits per heavy atom. The molecule has 0 aliphatic carbocycles. The fourth-order valence-corrected chi connectivity index (χ4v) is 4.11. The van der Waals surface area contributed by atoms with Crippen molar-refractivity contribution in [2.75, 3.05) is 6.54 Å². The number of rotatable bonds is 10. The molecule has 0 fully saturated rings. The van der Waals surface area contributed by atoms with Crippen LogP contribution in [0, 0.1) is 6.92 Å². The highest BCUT2D eigenvalue weighted by atomic mass is 32.2. The number of nitrogens with zero attached hydrogens (tertiary/aromatic N) is 1. The van der Waals surface area contributed by atoms with Crippen molar-refractivity contribution >= 4 is 17.7 Å². The number of carbonyl (C=O) groups is 1. The summed E-state index contributed by atoms with van der Waals surface area (Å²) >= 11 is 0.191. The van der Waals surface area contributed by atoms with Gasteiger partial charge >= 0.3 is 0 Å². The Morgan fingerprint density at radius 1 is 1.06 bits per heavy atom. The van der Waals surface area contributed by atoms with E-state index in [1.54, 1.807) is 6.92 Å². The molecule has 3 aromatic rings. The number of aromatic amines is 1. The van der Waals surface area contributed by atoms with Crippen molar-refractivity contribution in [1.29, 1.82) is 0 Å². The van der Waals surface area contributed by atoms with Crippen molar-refractivity contribution in [1.82, 2.24) is 15.3 Å². The summed E-state index contributed by atoms with van der Waals surface area (Å²) in [4.78, 5) is 30.9. The number of halogens is 2. The van der Waals surface area contributed by atoms with Crippen molar-refractivity contribution in [3.8, 4) is 0 Å². The smallest absolute Gasteiger partial charge is 0.291 e. The van der Waals surface area contributed by atoms with Crippen LogP contribution < -0.4 is 10.9 Å². The normalized spacial score (nSPS) is 11.2. The number of carbonyl (C=O) groups excluding carboxylic acids is 1. The summed E-state index contributed by atoms with van der Waals surface area (Å²) in [5.41, 5.74) is 2.58. The van der Waals surface area contributed by atoms with E-state index in [0.717, 1.165) is 6.42 Å². The monoisotopic (exact) mass is 457 g/mol. The number of H-pyrrole nitrogens is 1. The van der Waals surface area contributed by atoms with Gasteiger partial charge in [-0.25, -0.2) is 4.98 Å². The summed E-state index contributed by atoms with van der Waals surface area (Å²) in [6.45, 7) is 2.08. The highest BCUT2D eigenvalue weighted by molar-refractivity contribution is 7.99. The Morgan fingerprint density at radius 2 is 1.66 bits per heavy atom. The van der Waals surface area contributed by atoms with Gasteiger partial charge < -0.3 is 10.3 Å². The number of amides is 1. The summed E-state index contributed by atoms with van der Waals surface area (Å²) in [5.74, 6) is -2.67. The molecule has 0 unspecified atom stereocenters. The number of aromatic nitrogens is 2. The van der Waals surface area contributed by atoms with Crippen molar-refractivity contribution < 1.29 is 13.6 Å². The van der Waals surface area contributed by atoms with Gasteiger partial charge in [0.25, 0.3) is 11.3 Å². The molecule has 2 aromatic carbocycles. The lowest BCUT2D eigenvalue weighted by molar-refractivity contribution is -0.121. The quantitative estimate of drug-likeness (QED) is 0.343. The number of aryl methyl sites for hydroxylation is 1. The van der Waals surface area contributed by atoms with Crippen LogP contribution in [0.1, 0.15) is 41.1 Å². The SMILES string of the molecule is Cc1nc(SC(F)F)[nH]c(=O)c1CCC(=O)NCCC(c1ccccc1)c1ccccc1. The summed E-state index contributed by atoms with van der Waals surface area (Å²) < 4.78 is 25.0. The molecule has 168 valence electrons. The first-order chi connectivity index (χ1) is 15.4. The fraction of sp³-hybridized carbons (Fsp3) is 0.292. The van der Waals surface area contributed by atoms with E-state index >= 15 is 0 Å². The molecule has 2 N–H and O–H groups in total. The van der Waals surface area contributed by atoms with Crippen molar-refractivity contribution in [3.05, 3.63) is 93.4 Å². The van der Waals surface area contributed by atoms with E-state index in [4.69, 9.17) is 0 Å². The first-order valence-corrected chi connectivity index (χ1v) is 11.2. The lowest BCUT2D eigenvalue weighted by Gasteiger charge is -2.18. The molecule has 32 heavy (non-hydrogen) atoms. The second kappa shape index (κ2) is 11.6. The van der Waals surface area contributed by atoms with Crippen LogP contribution >= 0.6 is 11.8 Å². The van der Waals surface area contributed by atoms with Crippen molar-refractivity contribution in [2.45, 2.75) is 43.0 Å². The molecule has 8 heteroatoms. The van der Waals surface area contributed by atoms with Crippen LogP contribution in [-0.4, -0.2) is 28.2 Å². The van der Waals surface area contributed by atoms with E-state index < -0.39 is 11.3 Å². The van der Waals surface area contributed by atoms with Gasteiger partial charge in [-0.15, -0.1) is 0 Å². The predicted molar refractivity (Wildman–Crippen MR) is 122 cm³/mol. The van der Waals surface area contributed by atoms with Gasteiger partial charge in [0.15, 0.2) is 5.16 Å². The van der Waals surface area contributed by atoms with Gasteiger partial charge in [0.2, 0.25) is 5.91 Å². The van der Waals surface area contributed by atoms with Gasteiger partial charge in [0.1, 0.15) is 0 Å². The van der Waals surface area contributed by atoms with Gasteiger partial charge in [-0.1, -0.05) is 60.7 Å². The molecular weight excluding hydrogens is 432 g/mol. The topological polar surface area (TPSA) is 74.8 Å². The first-order valence-electron chi connectivity index (χ1n) is 10.3. The predicted octanol–water partition coefficient (Wildman–Crippen LogP) is 4.66. The summed E-state index contributed by atoms with van der Waals surface area (Å²) in [6.07, 6.45) is 1.05. The first kappa shape index (κ1) is 23.7. The lowest BCUT2D eigenvalue weighted by Crippen LogP contribution is -2.27. The molecule has 0 radical (unpaired) electrons. The van der Waals surface area contributed by atoms with Gasteiger partial charge in [-0.05, 0) is 42.7 Å². The Bertz CT molecular complexity index is 1040. The highest BCUT2D eigenvalue weighted by Gasteiger charge is 2.16. The van der Waals surface area contributed by atoms with E-state index in [-0.39, 0.29) is 41.6 Å². The van der Waals surface area contributed by atoms with E-state index in [1.807, 2.05) is 36.4 Å². The van der Waals surface area contributed by atoms with E-state index in [9.17, 15) is 18.4 Å². The minimum atomic E-state index is -2.66. The maximum Gasteiger partial charge on any atom is 0.291 e. The molecule has 1 heterocycles. The molecule has 5 nitrogen and oxygen atoms in total. The molecule has 0 saturated heterocycles. The minimum Gasteiger partial charge on any atom is -0.356 e. The standard InChI is InChI=1S/C24H25F2N3O2S/c1-16-19(22(31)29-24(28-16)32-23(25)26)12-13-21(30)27-15-14-20(17-8-4-2-5-9-17)18-10-6-3-7-11-18/h2-11,20,23H,12-15H2,1H3,(H,27,30)(H,28,29,31). The molecule has 1 aromatic heterocycles. The second-order valence-corrected chi connectivity index (χ2v) is 8.30. The van der Waals surface area contributed by atoms with Crippen LogP contribution in [0.2, 0.25) is 0 Å². The molecular formula is C24H25F2N3O2S. The van der Waals surface area contributed by atoms with Gasteiger partial charge in [-0.3, -0.25) is 9.59 Å². The van der Waals surface area contributed by atoms with Gasteiger partial charge in [0, 0.05) is 30.1 Å². The molecule has 0 atom stereocenters. The maximum atomic E-state index is 12.5. The fourth-order valence-electron chi connectivity index (χ4n) is 3.60. The van der Waals surface area contributed by atoms with E-state index in [0.29, 0.717) is 17.8 Å². The molecule has 3 rings (SSSR count). The largest absolute Gasteiger partial charge is 0.356 e. The van der Waals surface area contributed by atoms with Crippen molar-refractivity contribution in [2.24, 2.45) is 0 Å². The van der Waals surface area contributed by atoms with Crippen LogP contribution in [0.25, 0.3) is 0 Å². The Hall–Kier alpha value is -3.00. The van der Waals surface area contributed by atoms with Crippen molar-refractivity contribution in [3.63, 3.8) is 0 Å². The maximum absolute atomic E-state index is 12.5. The molecule has 0 spiro atoms. The average molecular weight is 458 g/mol. The number of alkyl halides is 2. The van der Waals surface area contributed by atoms with Gasteiger partial charge in [0.05, 0.1) is 0 Å². The summed E-state index contributed by atoms with van der Waals surface area (Å²) in [6, 6.07) is 20.3. The highest BCUT2D eigenvalue weighted by Crippen LogP contribution is 2.27. The Balaban J connectivity index is 1.56. The van der Waals surface area contributed by atoms with Crippen LogP contribution in [0.3, 0.4) is 0 Å². The molecule has 1 amide bonds. The Kier molecular flexibility index (Phi) is 8.56. The third-order valence-corrected chi connectivity index (χ3v) is 5.76. The van der Waals surface area contributed by atoms with Crippen LogP contribution in [-0.2, 0) is 11.2 Å². The number of nitrogens with one attached hydrogen (secondary N) is 2. The van der Waals surface area contributed by atoms with Crippen LogP contribution in [0.5, 0.6) is 0 Å². The van der Waals surface area contributed by atoms with Gasteiger partial charge in [-0.2, -0.15) is 8.78 Å². The summed E-state index contributed by atoms with van der Waals surface area (Å²) in [7, 11) is 0. The Labute approximate surface area is 189 Å². The van der Waals surface area contributed by atoms with E-state index in [1.165, 1.54) is 11.1 Å². The average Bonchev–Trinajstić information content (AvgIpc) is 2.77. The third kappa shape index (κ3) is 6.75. The minimum absolute atomic E-state index is 0.119. The number of hydrogen-bond donors (Lipinski definition) is 2. The van der Waals surface area contributed by atoms with Crippen LogP contribution in [0.4, 0.5) is 8.78 Å². The molecule has 0 saturated carbocycles. The number of hydrogen-bond acceptors (Lipinski definition) is 4. The number of thioether (sulfide) groups is 1. The molecule has 0 bridgehead atoms. The zero-order valence-corrected chi connectivity index (χ0v) is 18.5. The second-order valence-electron chi connectivity index (χ2n) is 7.33. The zero-order chi connectivity index (χ0) is 22.9. The lowest BCUT2D eigenvalue weighted by atomic mass is 9.88. The molecule has 0 aliphatic rings. The third-order valence-electron chi connectivity index (χ3n) is 5.16.